The van der Waals surface area contributed by atoms with E-state index in [2.05, 4.69) is 10.6 Å². The lowest BCUT2D eigenvalue weighted by atomic mass is 9.99. The van der Waals surface area contributed by atoms with Gasteiger partial charge in [0.2, 0.25) is 15.9 Å². The molecule has 4 N–H and O–H groups in total. The summed E-state index contributed by atoms with van der Waals surface area (Å²) in [5, 5.41) is 26.1. The molecule has 0 bridgehead atoms. The topological polar surface area (TPSA) is 145 Å². The molecule has 3 aromatic rings. The van der Waals surface area contributed by atoms with Crippen molar-refractivity contribution in [1.29, 1.82) is 0 Å². The van der Waals surface area contributed by atoms with E-state index in [-0.39, 0.29) is 50.1 Å². The average Bonchev–Trinajstić information content (AvgIpc) is 3.04. The number of aliphatic hydroxyl groups excluding tert-OH is 2. The van der Waals surface area contributed by atoms with Crippen molar-refractivity contribution in [2.75, 3.05) is 19.6 Å². The van der Waals surface area contributed by atoms with E-state index in [9.17, 15) is 23.1 Å². The van der Waals surface area contributed by atoms with Crippen molar-refractivity contribution >= 4 is 22.0 Å². The lowest BCUT2D eigenvalue weighted by Crippen LogP contribution is -2.52. The van der Waals surface area contributed by atoms with Crippen molar-refractivity contribution in [3.63, 3.8) is 0 Å². The minimum absolute atomic E-state index is 0.00876. The first-order chi connectivity index (χ1) is 21.5. The summed E-state index contributed by atoms with van der Waals surface area (Å²) in [6.45, 7) is 5.60. The highest BCUT2D eigenvalue weighted by atomic mass is 32.2. The Labute approximate surface area is 266 Å². The van der Waals surface area contributed by atoms with Gasteiger partial charge in [0.05, 0.1) is 29.6 Å². The predicted octanol–water partition coefficient (Wildman–Crippen LogP) is 3.87. The lowest BCUT2D eigenvalue weighted by molar-refractivity contribution is -0.126. The van der Waals surface area contributed by atoms with Crippen LogP contribution in [0.25, 0.3) is 0 Å². The molecule has 0 radical (unpaired) electrons. The molecule has 0 fully saturated rings. The molecular formula is C34H45N3O7S. The number of nitrogens with one attached hydrogen (secondary N) is 2. The van der Waals surface area contributed by atoms with Crippen LogP contribution >= 0.6 is 0 Å². The van der Waals surface area contributed by atoms with Crippen LogP contribution in [0.4, 0.5) is 4.79 Å². The smallest absolute Gasteiger partial charge is 0.407 e. The fraction of sp³-hybridized carbons (Fsp3) is 0.412. The zero-order chi connectivity index (χ0) is 32.8. The van der Waals surface area contributed by atoms with Crippen LogP contribution in [0.5, 0.6) is 0 Å². The molecule has 244 valence electrons. The van der Waals surface area contributed by atoms with Crippen molar-refractivity contribution in [1.82, 2.24) is 14.9 Å². The number of sulfonamides is 1. The van der Waals surface area contributed by atoms with E-state index in [1.807, 2.05) is 44.2 Å². The lowest BCUT2D eigenvalue weighted by Gasteiger charge is -2.31. The number of hydrogen-bond acceptors (Lipinski definition) is 7. The van der Waals surface area contributed by atoms with Crippen molar-refractivity contribution < 1.29 is 33.0 Å². The molecular weight excluding hydrogens is 594 g/mol. The second kappa shape index (κ2) is 17.6. The first kappa shape index (κ1) is 35.7. The molecule has 0 saturated heterocycles. The van der Waals surface area contributed by atoms with Gasteiger partial charge in [-0.05, 0) is 47.6 Å². The molecule has 0 unspecified atom stereocenters. The Bertz CT molecular complexity index is 1440. The molecule has 11 heteroatoms. The van der Waals surface area contributed by atoms with Gasteiger partial charge in [0, 0.05) is 19.6 Å². The molecule has 0 aromatic heterocycles. The van der Waals surface area contributed by atoms with Crippen LogP contribution in [-0.2, 0) is 39.2 Å². The number of amides is 2. The van der Waals surface area contributed by atoms with Crippen molar-refractivity contribution in [3.8, 4) is 0 Å². The van der Waals surface area contributed by atoms with Gasteiger partial charge in [-0.15, -0.1) is 0 Å². The van der Waals surface area contributed by atoms with Crippen LogP contribution in [0.1, 0.15) is 43.9 Å². The number of ether oxygens (including phenoxy) is 1. The number of rotatable bonds is 17. The zero-order valence-corrected chi connectivity index (χ0v) is 26.9. The summed E-state index contributed by atoms with van der Waals surface area (Å²) >= 11 is 0. The highest BCUT2D eigenvalue weighted by Gasteiger charge is 2.31. The van der Waals surface area contributed by atoms with Crippen LogP contribution in [0.15, 0.2) is 89.8 Å². The van der Waals surface area contributed by atoms with E-state index < -0.39 is 40.1 Å². The van der Waals surface area contributed by atoms with Crippen LogP contribution in [0.2, 0.25) is 0 Å². The second-order valence-corrected chi connectivity index (χ2v) is 13.5. The van der Waals surface area contributed by atoms with Crippen LogP contribution in [0, 0.1) is 11.8 Å². The Balaban J connectivity index is 1.67. The maximum Gasteiger partial charge on any atom is 0.407 e. The summed E-state index contributed by atoms with van der Waals surface area (Å²) < 4.78 is 33.7. The third-order valence-corrected chi connectivity index (χ3v) is 9.27. The predicted molar refractivity (Wildman–Crippen MR) is 172 cm³/mol. The standard InChI is InChI=1S/C34H45N3O7S/c1-25(2)18-19-37(45(42,43)30-12-8-5-9-13-30)22-32(39)31(20-27-10-6-4-7-11-27)36-33(40)26(3)21-35-34(41)44-24-29-16-14-28(23-38)15-17-29/h4-17,25-26,31-32,38-39H,18-24H2,1-3H3,(H,35,41)(H,36,40)/t26-,31+,32-/m1/s1. The number of aliphatic hydroxyl groups is 2. The monoisotopic (exact) mass is 639 g/mol. The Hall–Kier alpha value is -3.77. The molecule has 3 atom stereocenters. The first-order valence-electron chi connectivity index (χ1n) is 15.2. The SMILES string of the molecule is CC(C)CCN(C[C@@H](O)[C@H](Cc1ccccc1)NC(=O)[C@H](C)CNC(=O)OCc1ccc(CO)cc1)S(=O)(=O)c1ccccc1. The normalized spacial score (nSPS) is 13.7. The summed E-state index contributed by atoms with van der Waals surface area (Å²) in [5.74, 6) is -0.839. The van der Waals surface area contributed by atoms with Crippen LogP contribution in [-0.4, -0.2) is 66.7 Å². The third kappa shape index (κ3) is 11.6. The highest BCUT2D eigenvalue weighted by Crippen LogP contribution is 2.19. The van der Waals surface area contributed by atoms with Gasteiger partial charge in [-0.1, -0.05) is 93.6 Å². The summed E-state index contributed by atoms with van der Waals surface area (Å²) in [4.78, 5) is 25.7. The molecule has 0 aliphatic rings. The maximum atomic E-state index is 13.6. The van der Waals surface area contributed by atoms with Gasteiger partial charge in [-0.2, -0.15) is 4.31 Å². The van der Waals surface area contributed by atoms with Crippen molar-refractivity contribution in [2.24, 2.45) is 11.8 Å². The van der Waals surface area contributed by atoms with Crippen molar-refractivity contribution in [3.05, 3.63) is 102 Å². The number of carbonyl (C=O) groups is 2. The van der Waals surface area contributed by atoms with Crippen molar-refractivity contribution in [2.45, 2.75) is 63.9 Å². The molecule has 0 heterocycles. The zero-order valence-electron chi connectivity index (χ0n) is 26.1. The van der Waals surface area contributed by atoms with E-state index in [1.165, 1.54) is 16.4 Å². The number of benzene rings is 3. The number of hydrogen-bond donors (Lipinski definition) is 4. The van der Waals surface area contributed by atoms with Gasteiger partial charge >= 0.3 is 6.09 Å². The minimum Gasteiger partial charge on any atom is -0.445 e. The van der Waals surface area contributed by atoms with Gasteiger partial charge in [-0.25, -0.2) is 13.2 Å². The molecule has 0 aliphatic carbocycles. The number of alkyl carbamates (subject to hydrolysis) is 1. The maximum absolute atomic E-state index is 13.6. The number of carbonyl (C=O) groups excluding carboxylic acids is 2. The fourth-order valence-electron chi connectivity index (χ4n) is 4.54. The second-order valence-electron chi connectivity index (χ2n) is 11.6. The van der Waals surface area contributed by atoms with Gasteiger partial charge in [0.1, 0.15) is 6.61 Å². The minimum atomic E-state index is -3.90. The largest absolute Gasteiger partial charge is 0.445 e. The number of nitrogens with zero attached hydrogens (tertiary/aromatic N) is 1. The fourth-order valence-corrected chi connectivity index (χ4v) is 6.03. The Morgan fingerprint density at radius 2 is 1.47 bits per heavy atom. The molecule has 0 saturated carbocycles. The summed E-state index contributed by atoms with van der Waals surface area (Å²) in [6.07, 6.45) is -1.04. The summed E-state index contributed by atoms with van der Waals surface area (Å²) in [5.41, 5.74) is 2.37. The highest BCUT2D eigenvalue weighted by molar-refractivity contribution is 7.89. The Morgan fingerprint density at radius 3 is 2.07 bits per heavy atom. The van der Waals surface area contributed by atoms with E-state index >= 15 is 0 Å². The van der Waals surface area contributed by atoms with Gasteiger partial charge in [0.15, 0.2) is 0 Å². The molecule has 0 spiro atoms. The van der Waals surface area contributed by atoms with E-state index in [0.29, 0.717) is 6.42 Å². The molecule has 3 rings (SSSR count). The van der Waals surface area contributed by atoms with Gasteiger partial charge < -0.3 is 25.6 Å². The summed E-state index contributed by atoms with van der Waals surface area (Å²) in [6, 6.07) is 23.6. The first-order valence-corrected chi connectivity index (χ1v) is 16.6. The summed E-state index contributed by atoms with van der Waals surface area (Å²) in [7, 11) is -3.90. The third-order valence-electron chi connectivity index (χ3n) is 7.39. The molecule has 45 heavy (non-hydrogen) atoms. The Kier molecular flexibility index (Phi) is 14.0. The average molecular weight is 640 g/mol. The van der Waals surface area contributed by atoms with E-state index in [4.69, 9.17) is 9.84 Å². The van der Waals surface area contributed by atoms with Crippen LogP contribution in [0.3, 0.4) is 0 Å². The van der Waals surface area contributed by atoms with E-state index in [0.717, 1.165) is 16.7 Å². The van der Waals surface area contributed by atoms with Crippen LogP contribution < -0.4 is 10.6 Å². The molecule has 3 aromatic carbocycles. The molecule has 0 aliphatic heterocycles. The molecule has 10 nitrogen and oxygen atoms in total. The van der Waals surface area contributed by atoms with Gasteiger partial charge in [-0.3, -0.25) is 4.79 Å². The van der Waals surface area contributed by atoms with Gasteiger partial charge in [0.25, 0.3) is 0 Å². The quantitative estimate of drug-likeness (QED) is 0.176. The van der Waals surface area contributed by atoms with E-state index in [1.54, 1.807) is 49.4 Å². The molecule has 2 amide bonds. The Morgan fingerprint density at radius 1 is 0.867 bits per heavy atom.